The summed E-state index contributed by atoms with van der Waals surface area (Å²) in [7, 11) is 0. The molecule has 0 radical (unpaired) electrons. The number of nitrogens with one attached hydrogen (secondary N) is 1. The van der Waals surface area contributed by atoms with Crippen LogP contribution in [0.3, 0.4) is 0 Å². The molecule has 1 saturated heterocycles. The van der Waals surface area contributed by atoms with E-state index in [0.717, 1.165) is 19.5 Å². The zero-order valence-electron chi connectivity index (χ0n) is 8.36. The topological polar surface area (TPSA) is 46.9 Å². The van der Waals surface area contributed by atoms with Gasteiger partial charge in [-0.25, -0.2) is 4.98 Å². The highest BCUT2D eigenvalue weighted by molar-refractivity contribution is 5.79. The third-order valence-electron chi connectivity index (χ3n) is 2.60. The molecule has 76 valence electrons. The quantitative estimate of drug-likeness (QED) is 0.775. The van der Waals surface area contributed by atoms with Gasteiger partial charge in [0.1, 0.15) is 0 Å². The average molecular weight is 193 g/mol. The number of aryl methyl sites for hydroxylation is 1. The van der Waals surface area contributed by atoms with Crippen molar-refractivity contribution in [3.63, 3.8) is 0 Å². The van der Waals surface area contributed by atoms with Crippen molar-refractivity contribution in [1.82, 2.24) is 14.9 Å². The van der Waals surface area contributed by atoms with Crippen molar-refractivity contribution in [3.8, 4) is 0 Å². The Morgan fingerprint density at radius 1 is 1.71 bits per heavy atom. The lowest BCUT2D eigenvalue weighted by Gasteiger charge is -2.10. The monoisotopic (exact) mass is 193 g/mol. The molecule has 1 aromatic rings. The molecule has 1 amide bonds. The minimum atomic E-state index is 0.152. The first-order valence-corrected chi connectivity index (χ1v) is 5.08. The predicted molar refractivity (Wildman–Crippen MR) is 52.9 cm³/mol. The average Bonchev–Trinajstić information content (AvgIpc) is 2.74. The van der Waals surface area contributed by atoms with Crippen molar-refractivity contribution in [2.75, 3.05) is 6.54 Å². The first kappa shape index (κ1) is 9.24. The van der Waals surface area contributed by atoms with Gasteiger partial charge in [-0.2, -0.15) is 0 Å². The molecular weight excluding hydrogens is 178 g/mol. The van der Waals surface area contributed by atoms with E-state index < -0.39 is 0 Å². The van der Waals surface area contributed by atoms with Gasteiger partial charge >= 0.3 is 0 Å². The summed E-state index contributed by atoms with van der Waals surface area (Å²) >= 11 is 0. The second-order valence-corrected chi connectivity index (χ2v) is 3.72. The molecule has 1 aliphatic rings. The maximum atomic E-state index is 11.1. The van der Waals surface area contributed by atoms with Crippen LogP contribution in [-0.4, -0.2) is 22.0 Å². The maximum Gasteiger partial charge on any atom is 0.220 e. The standard InChI is InChI=1S/C10H15N3O/c1-2-3-13-7-11-6-9(13)8-4-10(14)12-5-8/h6-8H,2-5H2,1H3,(H,12,14). The second kappa shape index (κ2) is 3.82. The molecule has 1 unspecified atom stereocenters. The Hall–Kier alpha value is -1.32. The van der Waals surface area contributed by atoms with Crippen molar-refractivity contribution in [2.45, 2.75) is 32.2 Å². The van der Waals surface area contributed by atoms with Crippen LogP contribution in [0.5, 0.6) is 0 Å². The van der Waals surface area contributed by atoms with E-state index in [0.29, 0.717) is 12.3 Å². The highest BCUT2D eigenvalue weighted by Gasteiger charge is 2.25. The third-order valence-corrected chi connectivity index (χ3v) is 2.60. The van der Waals surface area contributed by atoms with Crippen molar-refractivity contribution in [2.24, 2.45) is 0 Å². The van der Waals surface area contributed by atoms with E-state index in [-0.39, 0.29) is 5.91 Å². The molecule has 1 aromatic heterocycles. The zero-order chi connectivity index (χ0) is 9.97. The second-order valence-electron chi connectivity index (χ2n) is 3.72. The van der Waals surface area contributed by atoms with Crippen molar-refractivity contribution >= 4 is 5.91 Å². The van der Waals surface area contributed by atoms with E-state index >= 15 is 0 Å². The lowest BCUT2D eigenvalue weighted by molar-refractivity contribution is -0.119. The Kier molecular flexibility index (Phi) is 2.52. The SMILES string of the molecule is CCCn1cncc1C1CNC(=O)C1. The highest BCUT2D eigenvalue weighted by atomic mass is 16.1. The van der Waals surface area contributed by atoms with Crippen LogP contribution in [0, 0.1) is 0 Å². The van der Waals surface area contributed by atoms with Gasteiger partial charge in [-0.05, 0) is 6.42 Å². The molecule has 1 atom stereocenters. The van der Waals surface area contributed by atoms with E-state index in [1.54, 1.807) is 0 Å². The lowest BCUT2D eigenvalue weighted by atomic mass is 10.1. The summed E-state index contributed by atoms with van der Waals surface area (Å²) < 4.78 is 2.14. The molecule has 1 fully saturated rings. The van der Waals surface area contributed by atoms with Crippen LogP contribution in [0.25, 0.3) is 0 Å². The van der Waals surface area contributed by atoms with Crippen LogP contribution in [-0.2, 0) is 11.3 Å². The predicted octanol–water partition coefficient (Wildman–Crippen LogP) is 0.897. The van der Waals surface area contributed by atoms with Crippen LogP contribution in [0.15, 0.2) is 12.5 Å². The first-order valence-electron chi connectivity index (χ1n) is 5.08. The Morgan fingerprint density at radius 3 is 3.21 bits per heavy atom. The Morgan fingerprint density at radius 2 is 2.57 bits per heavy atom. The lowest BCUT2D eigenvalue weighted by Crippen LogP contribution is -2.14. The highest BCUT2D eigenvalue weighted by Crippen LogP contribution is 2.22. The summed E-state index contributed by atoms with van der Waals surface area (Å²) in [6, 6.07) is 0. The molecule has 0 saturated carbocycles. The first-order chi connectivity index (χ1) is 6.81. The van der Waals surface area contributed by atoms with Gasteiger partial charge in [-0.15, -0.1) is 0 Å². The number of amides is 1. The number of carbonyl (C=O) groups is 1. The fourth-order valence-electron chi connectivity index (χ4n) is 1.91. The van der Waals surface area contributed by atoms with E-state index in [1.807, 2.05) is 12.5 Å². The van der Waals surface area contributed by atoms with E-state index in [9.17, 15) is 4.79 Å². The molecule has 0 spiro atoms. The van der Waals surface area contributed by atoms with Gasteiger partial charge in [0.25, 0.3) is 0 Å². The minimum absolute atomic E-state index is 0.152. The molecule has 0 bridgehead atoms. The number of hydrogen-bond donors (Lipinski definition) is 1. The fourth-order valence-corrected chi connectivity index (χ4v) is 1.91. The summed E-state index contributed by atoms with van der Waals surface area (Å²) in [6.07, 6.45) is 5.43. The fraction of sp³-hybridized carbons (Fsp3) is 0.600. The Labute approximate surface area is 83.3 Å². The van der Waals surface area contributed by atoms with Crippen LogP contribution >= 0.6 is 0 Å². The summed E-state index contributed by atoms with van der Waals surface area (Å²) in [5, 5.41) is 2.85. The van der Waals surface area contributed by atoms with E-state index in [1.165, 1.54) is 5.69 Å². The summed E-state index contributed by atoms with van der Waals surface area (Å²) in [5.41, 5.74) is 1.19. The number of imidazole rings is 1. The molecule has 4 nitrogen and oxygen atoms in total. The van der Waals surface area contributed by atoms with Crippen LogP contribution in [0.2, 0.25) is 0 Å². The normalized spacial score (nSPS) is 21.2. The third kappa shape index (κ3) is 1.64. The van der Waals surface area contributed by atoms with Crippen molar-refractivity contribution in [1.29, 1.82) is 0 Å². The molecule has 1 aliphatic heterocycles. The van der Waals surface area contributed by atoms with Crippen LogP contribution in [0.4, 0.5) is 0 Å². The van der Waals surface area contributed by atoms with Gasteiger partial charge in [-0.1, -0.05) is 6.92 Å². The van der Waals surface area contributed by atoms with Crippen LogP contribution in [0.1, 0.15) is 31.4 Å². The van der Waals surface area contributed by atoms with Gasteiger partial charge in [0.05, 0.1) is 6.33 Å². The molecule has 0 aliphatic carbocycles. The number of nitrogens with zero attached hydrogens (tertiary/aromatic N) is 2. The molecule has 14 heavy (non-hydrogen) atoms. The van der Waals surface area contributed by atoms with Gasteiger partial charge in [0, 0.05) is 37.3 Å². The van der Waals surface area contributed by atoms with Crippen molar-refractivity contribution < 1.29 is 4.79 Å². The summed E-state index contributed by atoms with van der Waals surface area (Å²) in [5.74, 6) is 0.468. The van der Waals surface area contributed by atoms with Gasteiger partial charge in [0.15, 0.2) is 0 Å². The molecular formula is C10H15N3O. The Bertz CT molecular complexity index is 332. The van der Waals surface area contributed by atoms with Gasteiger partial charge in [0.2, 0.25) is 5.91 Å². The van der Waals surface area contributed by atoms with Crippen LogP contribution < -0.4 is 5.32 Å². The molecule has 4 heteroatoms. The minimum Gasteiger partial charge on any atom is -0.355 e. The number of rotatable bonds is 3. The van der Waals surface area contributed by atoms with Crippen molar-refractivity contribution in [3.05, 3.63) is 18.2 Å². The van der Waals surface area contributed by atoms with E-state index in [4.69, 9.17) is 0 Å². The molecule has 0 aromatic carbocycles. The van der Waals surface area contributed by atoms with E-state index in [2.05, 4.69) is 21.8 Å². The number of aromatic nitrogens is 2. The molecule has 2 heterocycles. The largest absolute Gasteiger partial charge is 0.355 e. The zero-order valence-corrected chi connectivity index (χ0v) is 8.36. The maximum absolute atomic E-state index is 11.1. The summed E-state index contributed by atoms with van der Waals surface area (Å²) in [4.78, 5) is 15.2. The Balaban J connectivity index is 2.14. The number of carbonyl (C=O) groups excluding carboxylic acids is 1. The van der Waals surface area contributed by atoms with Gasteiger partial charge in [-0.3, -0.25) is 4.79 Å². The summed E-state index contributed by atoms with van der Waals surface area (Å²) in [6.45, 7) is 3.89. The number of hydrogen-bond acceptors (Lipinski definition) is 2. The molecule has 1 N–H and O–H groups in total. The molecule has 2 rings (SSSR count). The van der Waals surface area contributed by atoms with Gasteiger partial charge < -0.3 is 9.88 Å². The smallest absolute Gasteiger partial charge is 0.220 e.